The number of aryl methyl sites for hydroxylation is 1. The number of nitrogens with two attached hydrogens (primary N) is 1. The number of nitrogens with zero attached hydrogens (tertiary/aromatic N) is 3. The third kappa shape index (κ3) is 3.97. The summed E-state index contributed by atoms with van der Waals surface area (Å²) in [4.78, 5) is 34.3. The number of hydrogen-bond donors (Lipinski definition) is 3. The Morgan fingerprint density at radius 1 is 1.27 bits per heavy atom. The highest BCUT2D eigenvalue weighted by Gasteiger charge is 2.32. The molecule has 1 aromatic carbocycles. The first kappa shape index (κ1) is 17.8. The van der Waals surface area contributed by atoms with E-state index in [2.05, 4.69) is 15.3 Å². The lowest BCUT2D eigenvalue weighted by Crippen LogP contribution is -2.55. The number of carbonyl (C=O) groups is 2. The van der Waals surface area contributed by atoms with Gasteiger partial charge < -0.3 is 21.1 Å². The van der Waals surface area contributed by atoms with Crippen LogP contribution in [0.2, 0.25) is 0 Å². The van der Waals surface area contributed by atoms with Gasteiger partial charge in [-0.1, -0.05) is 18.2 Å². The fourth-order valence-electron chi connectivity index (χ4n) is 3.00. The predicted molar refractivity (Wildman–Crippen MR) is 95.4 cm³/mol. The highest BCUT2D eigenvalue weighted by molar-refractivity contribution is 5.94. The lowest BCUT2D eigenvalue weighted by atomic mass is 10.0. The molecule has 3 rings (SSSR count). The summed E-state index contributed by atoms with van der Waals surface area (Å²) in [5.41, 5.74) is 6.89. The lowest BCUT2D eigenvalue weighted by Gasteiger charge is -2.36. The first-order valence-electron chi connectivity index (χ1n) is 8.38. The second-order valence-electron chi connectivity index (χ2n) is 6.31. The van der Waals surface area contributed by atoms with E-state index < -0.39 is 18.1 Å². The van der Waals surface area contributed by atoms with Crippen LogP contribution < -0.4 is 11.1 Å². The molecule has 2 aromatic rings. The second kappa shape index (κ2) is 7.49. The molecule has 1 fully saturated rings. The molecule has 0 saturated carbocycles. The maximum atomic E-state index is 12.5. The van der Waals surface area contributed by atoms with Gasteiger partial charge in [-0.15, -0.1) is 0 Å². The van der Waals surface area contributed by atoms with Crippen molar-refractivity contribution in [3.05, 3.63) is 53.3 Å². The van der Waals surface area contributed by atoms with Crippen LogP contribution in [0.1, 0.15) is 33.0 Å². The van der Waals surface area contributed by atoms with E-state index in [-0.39, 0.29) is 24.1 Å². The zero-order valence-corrected chi connectivity index (χ0v) is 14.4. The van der Waals surface area contributed by atoms with E-state index in [9.17, 15) is 14.7 Å². The molecular weight excluding hydrogens is 334 g/mol. The van der Waals surface area contributed by atoms with Crippen molar-refractivity contribution in [2.75, 3.05) is 18.8 Å². The molecule has 0 bridgehead atoms. The molecule has 1 aromatic heterocycles. The average molecular weight is 355 g/mol. The third-order valence-corrected chi connectivity index (χ3v) is 4.31. The van der Waals surface area contributed by atoms with Crippen LogP contribution in [0.3, 0.4) is 0 Å². The molecule has 8 heteroatoms. The number of piperidine rings is 1. The summed E-state index contributed by atoms with van der Waals surface area (Å²) in [7, 11) is 0. The molecule has 8 nitrogen and oxygen atoms in total. The van der Waals surface area contributed by atoms with Gasteiger partial charge in [-0.3, -0.25) is 9.59 Å². The summed E-state index contributed by atoms with van der Waals surface area (Å²) in [6.07, 6.45) is -0.411. The normalized spacial score (nSPS) is 19.8. The van der Waals surface area contributed by atoms with Crippen LogP contribution in [0, 0.1) is 6.92 Å². The van der Waals surface area contributed by atoms with Crippen LogP contribution in [-0.4, -0.2) is 57.0 Å². The monoisotopic (exact) mass is 355 g/mol. The van der Waals surface area contributed by atoms with Crippen molar-refractivity contribution in [3.63, 3.8) is 0 Å². The molecule has 0 unspecified atom stereocenters. The van der Waals surface area contributed by atoms with Crippen molar-refractivity contribution in [3.8, 4) is 0 Å². The fraction of sp³-hybridized carbons (Fsp3) is 0.333. The summed E-state index contributed by atoms with van der Waals surface area (Å²) in [6.45, 7) is 2.32. The highest BCUT2D eigenvalue weighted by atomic mass is 16.3. The highest BCUT2D eigenvalue weighted by Crippen LogP contribution is 2.15. The Bertz CT molecular complexity index is 791. The van der Waals surface area contributed by atoms with E-state index in [1.54, 1.807) is 36.1 Å². The van der Waals surface area contributed by atoms with Gasteiger partial charge in [-0.2, -0.15) is 0 Å². The van der Waals surface area contributed by atoms with Gasteiger partial charge in [0.25, 0.3) is 11.8 Å². The number of anilines is 1. The second-order valence-corrected chi connectivity index (χ2v) is 6.31. The number of likely N-dealkylation sites (tertiary alicyclic amines) is 1. The lowest BCUT2D eigenvalue weighted by molar-refractivity contribution is 0.0314. The topological polar surface area (TPSA) is 121 Å². The van der Waals surface area contributed by atoms with Crippen molar-refractivity contribution in [1.29, 1.82) is 0 Å². The maximum absolute atomic E-state index is 12.5. The molecule has 0 aliphatic carbocycles. The van der Waals surface area contributed by atoms with Gasteiger partial charge in [0.2, 0.25) is 5.95 Å². The summed E-state index contributed by atoms with van der Waals surface area (Å²) in [6, 6.07) is 9.99. The number of aromatic nitrogens is 2. The van der Waals surface area contributed by atoms with Gasteiger partial charge in [0, 0.05) is 24.3 Å². The van der Waals surface area contributed by atoms with Gasteiger partial charge in [-0.05, 0) is 31.5 Å². The van der Waals surface area contributed by atoms with E-state index >= 15 is 0 Å². The Labute approximate surface area is 151 Å². The Hall–Kier alpha value is -3.00. The van der Waals surface area contributed by atoms with Gasteiger partial charge in [0.15, 0.2) is 0 Å². The Morgan fingerprint density at radius 2 is 2.00 bits per heavy atom. The molecule has 136 valence electrons. The van der Waals surface area contributed by atoms with Gasteiger partial charge in [0.1, 0.15) is 5.69 Å². The summed E-state index contributed by atoms with van der Waals surface area (Å²) < 4.78 is 0. The number of amides is 2. The zero-order chi connectivity index (χ0) is 18.7. The number of nitrogen functional groups attached to an aromatic ring is 1. The molecule has 2 amide bonds. The predicted octanol–water partition coefficient (Wildman–Crippen LogP) is 0.373. The number of β-amino-alcohol motifs (C(OH)–C–C–N with tert-alkyl or cyclic N) is 1. The minimum Gasteiger partial charge on any atom is -0.389 e. The van der Waals surface area contributed by atoms with Gasteiger partial charge in [0.05, 0.1) is 12.1 Å². The molecule has 1 aliphatic rings. The third-order valence-electron chi connectivity index (χ3n) is 4.31. The van der Waals surface area contributed by atoms with Crippen molar-refractivity contribution in [1.82, 2.24) is 20.2 Å². The SMILES string of the molecule is Cc1cc(C(=O)N[C@@H]2CCN(C(=O)c3ccccc3)C[C@H]2O)nc(N)n1. The molecule has 26 heavy (non-hydrogen) atoms. The summed E-state index contributed by atoms with van der Waals surface area (Å²) in [5.74, 6) is -0.526. The number of benzene rings is 1. The molecule has 4 N–H and O–H groups in total. The minimum absolute atomic E-state index is 0.0268. The number of carbonyl (C=O) groups excluding carboxylic acids is 2. The van der Waals surface area contributed by atoms with Crippen molar-refractivity contribution < 1.29 is 14.7 Å². The molecule has 2 atom stereocenters. The van der Waals surface area contributed by atoms with Gasteiger partial charge >= 0.3 is 0 Å². The standard InChI is InChI=1S/C18H21N5O3/c1-11-9-14(22-18(19)20-11)16(25)21-13-7-8-23(10-15(13)24)17(26)12-5-3-2-4-6-12/h2-6,9,13,15,24H,7-8,10H2,1H3,(H,21,25)(H2,19,20,22)/t13-,15-/m1/s1. The molecule has 0 spiro atoms. The molecule has 1 aliphatic heterocycles. The fourth-order valence-corrected chi connectivity index (χ4v) is 3.00. The molecular formula is C18H21N5O3. The largest absolute Gasteiger partial charge is 0.389 e. The first-order valence-corrected chi connectivity index (χ1v) is 8.38. The number of rotatable bonds is 3. The maximum Gasteiger partial charge on any atom is 0.270 e. The van der Waals surface area contributed by atoms with Crippen LogP contribution in [-0.2, 0) is 0 Å². The Kier molecular flexibility index (Phi) is 5.13. The Morgan fingerprint density at radius 3 is 2.65 bits per heavy atom. The number of aliphatic hydroxyl groups is 1. The van der Waals surface area contributed by atoms with E-state index in [1.807, 2.05) is 6.07 Å². The van der Waals surface area contributed by atoms with E-state index in [0.29, 0.717) is 24.2 Å². The van der Waals surface area contributed by atoms with Crippen LogP contribution in [0.25, 0.3) is 0 Å². The molecule has 1 saturated heterocycles. The summed E-state index contributed by atoms with van der Waals surface area (Å²) >= 11 is 0. The average Bonchev–Trinajstić information content (AvgIpc) is 2.62. The van der Waals surface area contributed by atoms with Crippen LogP contribution in [0.5, 0.6) is 0 Å². The van der Waals surface area contributed by atoms with Crippen molar-refractivity contribution >= 4 is 17.8 Å². The van der Waals surface area contributed by atoms with Crippen molar-refractivity contribution in [2.24, 2.45) is 0 Å². The van der Waals surface area contributed by atoms with Crippen LogP contribution >= 0.6 is 0 Å². The summed E-state index contributed by atoms with van der Waals surface area (Å²) in [5, 5.41) is 13.1. The minimum atomic E-state index is -0.861. The quantitative estimate of drug-likeness (QED) is 0.731. The number of aliphatic hydroxyl groups excluding tert-OH is 1. The first-order chi connectivity index (χ1) is 12.4. The van der Waals surface area contributed by atoms with Crippen molar-refractivity contribution in [2.45, 2.75) is 25.5 Å². The number of nitrogens with one attached hydrogen (secondary N) is 1. The smallest absolute Gasteiger partial charge is 0.270 e. The Balaban J connectivity index is 1.62. The van der Waals surface area contributed by atoms with Gasteiger partial charge in [-0.25, -0.2) is 9.97 Å². The van der Waals surface area contributed by atoms with Crippen LogP contribution in [0.4, 0.5) is 5.95 Å². The van der Waals surface area contributed by atoms with E-state index in [1.165, 1.54) is 6.07 Å². The van der Waals surface area contributed by atoms with Crippen LogP contribution in [0.15, 0.2) is 36.4 Å². The van der Waals surface area contributed by atoms with E-state index in [4.69, 9.17) is 5.73 Å². The zero-order valence-electron chi connectivity index (χ0n) is 14.4. The number of hydrogen-bond acceptors (Lipinski definition) is 6. The molecule has 2 heterocycles. The van der Waals surface area contributed by atoms with E-state index in [0.717, 1.165) is 0 Å². The molecule has 0 radical (unpaired) electrons.